The van der Waals surface area contributed by atoms with Crippen LogP contribution in [0.25, 0.3) is 0 Å². The molecule has 2 aromatic rings. The number of hydrogen-bond donors (Lipinski definition) is 1. The molecule has 0 amide bonds. The van der Waals surface area contributed by atoms with E-state index in [1.807, 2.05) is 17.4 Å². The predicted molar refractivity (Wildman–Crippen MR) is 78.6 cm³/mol. The van der Waals surface area contributed by atoms with Crippen LogP contribution in [0.4, 0.5) is 0 Å². The molecule has 1 heterocycles. The fraction of sp³-hybridized carbons (Fsp3) is 0.286. The van der Waals surface area contributed by atoms with Gasteiger partial charge in [0.1, 0.15) is 0 Å². The molecule has 17 heavy (non-hydrogen) atoms. The van der Waals surface area contributed by atoms with Gasteiger partial charge in [-0.05, 0) is 52.9 Å². The molecular weight excluding hydrogens is 294 g/mol. The Kier molecular flexibility index (Phi) is 4.77. The average Bonchev–Trinajstić information content (AvgIpc) is 2.77. The summed E-state index contributed by atoms with van der Waals surface area (Å²) in [6.07, 6.45) is 2.22. The first-order chi connectivity index (χ1) is 8.29. The fourth-order valence-electron chi connectivity index (χ4n) is 1.95. The standard InChI is InChI=1S/C14H16BrNS/c15-13-8-14(17-10-13)7-6-12(9-16)11-4-2-1-3-5-11/h1-5,8,10,12H,6-7,9,16H2. The topological polar surface area (TPSA) is 26.0 Å². The monoisotopic (exact) mass is 309 g/mol. The van der Waals surface area contributed by atoms with Gasteiger partial charge in [-0.3, -0.25) is 0 Å². The average molecular weight is 310 g/mol. The van der Waals surface area contributed by atoms with E-state index in [1.165, 1.54) is 14.9 Å². The summed E-state index contributed by atoms with van der Waals surface area (Å²) in [5.41, 5.74) is 7.22. The van der Waals surface area contributed by atoms with E-state index in [2.05, 4.69) is 51.6 Å². The molecule has 0 aliphatic heterocycles. The van der Waals surface area contributed by atoms with Crippen LogP contribution in [0.1, 0.15) is 22.8 Å². The number of hydrogen-bond acceptors (Lipinski definition) is 2. The summed E-state index contributed by atoms with van der Waals surface area (Å²) in [7, 11) is 0. The molecule has 1 unspecified atom stereocenters. The van der Waals surface area contributed by atoms with E-state index in [4.69, 9.17) is 5.73 Å². The molecule has 0 bridgehead atoms. The molecule has 90 valence electrons. The van der Waals surface area contributed by atoms with Crippen molar-refractivity contribution in [2.24, 2.45) is 5.73 Å². The number of aryl methyl sites for hydroxylation is 1. The number of thiophene rings is 1. The first kappa shape index (κ1) is 12.8. The maximum atomic E-state index is 5.87. The molecule has 1 nitrogen and oxygen atoms in total. The lowest BCUT2D eigenvalue weighted by Gasteiger charge is -2.14. The molecule has 3 heteroatoms. The van der Waals surface area contributed by atoms with Crippen molar-refractivity contribution < 1.29 is 0 Å². The minimum Gasteiger partial charge on any atom is -0.330 e. The van der Waals surface area contributed by atoms with Crippen molar-refractivity contribution in [1.82, 2.24) is 0 Å². The van der Waals surface area contributed by atoms with Gasteiger partial charge in [-0.2, -0.15) is 0 Å². The van der Waals surface area contributed by atoms with Crippen LogP contribution in [-0.2, 0) is 6.42 Å². The highest BCUT2D eigenvalue weighted by molar-refractivity contribution is 9.10. The van der Waals surface area contributed by atoms with Crippen LogP contribution in [0, 0.1) is 0 Å². The van der Waals surface area contributed by atoms with Gasteiger partial charge < -0.3 is 5.73 Å². The zero-order chi connectivity index (χ0) is 12.1. The highest BCUT2D eigenvalue weighted by atomic mass is 79.9. The van der Waals surface area contributed by atoms with Gasteiger partial charge >= 0.3 is 0 Å². The number of nitrogens with two attached hydrogens (primary N) is 1. The van der Waals surface area contributed by atoms with Gasteiger partial charge in [-0.25, -0.2) is 0 Å². The van der Waals surface area contributed by atoms with Crippen LogP contribution in [0.5, 0.6) is 0 Å². The number of halogens is 1. The number of benzene rings is 1. The molecular formula is C14H16BrNS. The SMILES string of the molecule is NCC(CCc1cc(Br)cs1)c1ccccc1. The zero-order valence-electron chi connectivity index (χ0n) is 9.60. The first-order valence-corrected chi connectivity index (χ1v) is 7.45. The maximum absolute atomic E-state index is 5.87. The molecule has 0 radical (unpaired) electrons. The Labute approximate surface area is 115 Å². The van der Waals surface area contributed by atoms with Crippen LogP contribution >= 0.6 is 27.3 Å². The minimum absolute atomic E-state index is 0.470. The number of rotatable bonds is 5. The van der Waals surface area contributed by atoms with E-state index >= 15 is 0 Å². The highest BCUT2D eigenvalue weighted by Gasteiger charge is 2.09. The Hall–Kier alpha value is -0.640. The van der Waals surface area contributed by atoms with Gasteiger partial charge in [0.15, 0.2) is 0 Å². The van der Waals surface area contributed by atoms with Gasteiger partial charge in [-0.1, -0.05) is 30.3 Å². The van der Waals surface area contributed by atoms with Crippen molar-refractivity contribution in [3.8, 4) is 0 Å². The third kappa shape index (κ3) is 3.66. The molecule has 2 N–H and O–H groups in total. The van der Waals surface area contributed by atoms with Crippen LogP contribution in [0.15, 0.2) is 46.3 Å². The zero-order valence-corrected chi connectivity index (χ0v) is 12.0. The van der Waals surface area contributed by atoms with E-state index in [9.17, 15) is 0 Å². The van der Waals surface area contributed by atoms with Crippen molar-refractivity contribution in [3.05, 3.63) is 56.7 Å². The van der Waals surface area contributed by atoms with Crippen LogP contribution < -0.4 is 5.73 Å². The summed E-state index contributed by atoms with van der Waals surface area (Å²) in [6.45, 7) is 0.719. The first-order valence-electron chi connectivity index (χ1n) is 5.77. The third-order valence-electron chi connectivity index (χ3n) is 2.92. The lowest BCUT2D eigenvalue weighted by atomic mass is 9.94. The maximum Gasteiger partial charge on any atom is 0.0285 e. The molecule has 0 aliphatic rings. The van der Waals surface area contributed by atoms with E-state index in [0.717, 1.165) is 19.4 Å². The Morgan fingerprint density at radius 2 is 2.00 bits per heavy atom. The molecule has 0 saturated carbocycles. The van der Waals surface area contributed by atoms with Crippen molar-refractivity contribution in [2.45, 2.75) is 18.8 Å². The molecule has 1 aromatic carbocycles. The van der Waals surface area contributed by atoms with Crippen molar-refractivity contribution in [1.29, 1.82) is 0 Å². The van der Waals surface area contributed by atoms with Gasteiger partial charge in [0, 0.05) is 14.7 Å². The van der Waals surface area contributed by atoms with E-state index in [-0.39, 0.29) is 0 Å². The van der Waals surface area contributed by atoms with Gasteiger partial charge in [0.05, 0.1) is 0 Å². The second-order valence-corrected chi connectivity index (χ2v) is 6.02. The second kappa shape index (κ2) is 6.34. The normalized spacial score (nSPS) is 12.6. The third-order valence-corrected chi connectivity index (χ3v) is 4.67. The van der Waals surface area contributed by atoms with Crippen molar-refractivity contribution in [2.75, 3.05) is 6.54 Å². The largest absolute Gasteiger partial charge is 0.330 e. The summed E-state index contributed by atoms with van der Waals surface area (Å²) >= 11 is 5.30. The minimum atomic E-state index is 0.470. The molecule has 0 saturated heterocycles. The molecule has 0 spiro atoms. The van der Waals surface area contributed by atoms with Crippen molar-refractivity contribution >= 4 is 27.3 Å². The Morgan fingerprint density at radius 1 is 1.24 bits per heavy atom. The lowest BCUT2D eigenvalue weighted by molar-refractivity contribution is 0.637. The summed E-state index contributed by atoms with van der Waals surface area (Å²) in [6, 6.07) is 12.7. The molecule has 2 rings (SSSR count). The Bertz CT molecular complexity index is 452. The van der Waals surface area contributed by atoms with Crippen LogP contribution in [0.2, 0.25) is 0 Å². The van der Waals surface area contributed by atoms with Crippen LogP contribution in [0.3, 0.4) is 0 Å². The van der Waals surface area contributed by atoms with E-state index < -0.39 is 0 Å². The van der Waals surface area contributed by atoms with Crippen molar-refractivity contribution in [3.63, 3.8) is 0 Å². The molecule has 1 atom stereocenters. The Balaban J connectivity index is 1.97. The smallest absolute Gasteiger partial charge is 0.0285 e. The Morgan fingerprint density at radius 3 is 2.59 bits per heavy atom. The summed E-state index contributed by atoms with van der Waals surface area (Å²) in [4.78, 5) is 1.42. The highest BCUT2D eigenvalue weighted by Crippen LogP contribution is 2.25. The molecule has 1 aromatic heterocycles. The quantitative estimate of drug-likeness (QED) is 0.880. The second-order valence-electron chi connectivity index (χ2n) is 4.11. The summed E-state index contributed by atoms with van der Waals surface area (Å²) < 4.78 is 1.18. The summed E-state index contributed by atoms with van der Waals surface area (Å²) in [5.74, 6) is 0.470. The van der Waals surface area contributed by atoms with E-state index in [0.29, 0.717) is 5.92 Å². The fourth-order valence-corrected chi connectivity index (χ4v) is 3.42. The van der Waals surface area contributed by atoms with Gasteiger partial charge in [-0.15, -0.1) is 11.3 Å². The van der Waals surface area contributed by atoms with Gasteiger partial charge in [0.2, 0.25) is 0 Å². The lowest BCUT2D eigenvalue weighted by Crippen LogP contribution is -2.13. The van der Waals surface area contributed by atoms with E-state index in [1.54, 1.807) is 0 Å². The molecule has 0 fully saturated rings. The summed E-state index contributed by atoms with van der Waals surface area (Å²) in [5, 5.41) is 2.13. The van der Waals surface area contributed by atoms with Crippen LogP contribution in [-0.4, -0.2) is 6.54 Å². The van der Waals surface area contributed by atoms with Gasteiger partial charge in [0.25, 0.3) is 0 Å². The molecule has 0 aliphatic carbocycles. The predicted octanol–water partition coefficient (Wildman–Crippen LogP) is 4.19.